The van der Waals surface area contributed by atoms with Crippen molar-refractivity contribution in [2.24, 2.45) is 5.73 Å². The van der Waals surface area contributed by atoms with E-state index in [9.17, 15) is 0 Å². The predicted molar refractivity (Wildman–Crippen MR) is 56.2 cm³/mol. The molecule has 1 saturated heterocycles. The SMILES string of the molecule is I.N=C(N)N1CCSCC1. The van der Waals surface area contributed by atoms with E-state index in [1.807, 2.05) is 16.7 Å². The first-order valence-corrected chi connectivity index (χ1v) is 4.13. The Kier molecular flexibility index (Phi) is 5.24. The van der Waals surface area contributed by atoms with Gasteiger partial charge in [0, 0.05) is 24.6 Å². The molecule has 1 aliphatic heterocycles. The van der Waals surface area contributed by atoms with Crippen LogP contribution in [-0.4, -0.2) is 35.5 Å². The molecule has 0 radical (unpaired) electrons. The van der Waals surface area contributed by atoms with Crippen LogP contribution in [0.3, 0.4) is 0 Å². The first-order valence-electron chi connectivity index (χ1n) is 2.97. The second kappa shape index (κ2) is 5.06. The number of hydrogen-bond acceptors (Lipinski definition) is 2. The Labute approximate surface area is 82.2 Å². The Hall–Kier alpha value is 0.350. The van der Waals surface area contributed by atoms with Gasteiger partial charge < -0.3 is 10.6 Å². The summed E-state index contributed by atoms with van der Waals surface area (Å²) in [5, 5.41) is 7.08. The Morgan fingerprint density at radius 1 is 1.40 bits per heavy atom. The van der Waals surface area contributed by atoms with Crippen molar-refractivity contribution >= 4 is 41.7 Å². The van der Waals surface area contributed by atoms with E-state index in [1.165, 1.54) is 0 Å². The number of nitrogens with zero attached hydrogens (tertiary/aromatic N) is 1. The summed E-state index contributed by atoms with van der Waals surface area (Å²) in [5.41, 5.74) is 5.27. The number of nitrogens with one attached hydrogen (secondary N) is 1. The van der Waals surface area contributed by atoms with E-state index < -0.39 is 0 Å². The fourth-order valence-electron chi connectivity index (χ4n) is 0.804. The molecule has 0 aromatic carbocycles. The molecule has 0 amide bonds. The summed E-state index contributed by atoms with van der Waals surface area (Å²) in [6, 6.07) is 0. The molecule has 1 heterocycles. The van der Waals surface area contributed by atoms with E-state index in [0.717, 1.165) is 24.6 Å². The Balaban J connectivity index is 0.000000810. The molecule has 60 valence electrons. The number of guanidine groups is 1. The topological polar surface area (TPSA) is 53.1 Å². The first-order chi connectivity index (χ1) is 4.30. The van der Waals surface area contributed by atoms with Gasteiger partial charge in [-0.05, 0) is 0 Å². The van der Waals surface area contributed by atoms with E-state index in [0.29, 0.717) is 0 Å². The summed E-state index contributed by atoms with van der Waals surface area (Å²) < 4.78 is 0. The third kappa shape index (κ3) is 2.96. The average molecular weight is 273 g/mol. The number of hydrogen-bond donors (Lipinski definition) is 2. The Morgan fingerprint density at radius 3 is 2.20 bits per heavy atom. The monoisotopic (exact) mass is 273 g/mol. The van der Waals surface area contributed by atoms with Gasteiger partial charge in [0.2, 0.25) is 0 Å². The van der Waals surface area contributed by atoms with Gasteiger partial charge in [0.25, 0.3) is 0 Å². The molecular formula is C5H12IN3S. The summed E-state index contributed by atoms with van der Waals surface area (Å²) in [6.45, 7) is 1.89. The average Bonchev–Trinajstić information content (AvgIpc) is 1.90. The van der Waals surface area contributed by atoms with Crippen LogP contribution in [0.2, 0.25) is 0 Å². The molecule has 0 saturated carbocycles. The maximum absolute atomic E-state index is 7.08. The summed E-state index contributed by atoms with van der Waals surface area (Å²) in [6.07, 6.45) is 0. The largest absolute Gasteiger partial charge is 0.370 e. The Morgan fingerprint density at radius 2 is 1.90 bits per heavy atom. The van der Waals surface area contributed by atoms with Gasteiger partial charge >= 0.3 is 0 Å². The second-order valence-corrected chi connectivity index (χ2v) is 3.21. The van der Waals surface area contributed by atoms with Crippen LogP contribution >= 0.6 is 35.7 Å². The third-order valence-electron chi connectivity index (χ3n) is 1.35. The van der Waals surface area contributed by atoms with Gasteiger partial charge in [-0.1, -0.05) is 0 Å². The highest BCUT2D eigenvalue weighted by Gasteiger charge is 2.09. The Bertz CT molecular complexity index is 113. The molecule has 3 nitrogen and oxygen atoms in total. The molecule has 3 N–H and O–H groups in total. The molecule has 1 fully saturated rings. The maximum Gasteiger partial charge on any atom is 0.188 e. The van der Waals surface area contributed by atoms with Crippen molar-refractivity contribution in [3.63, 3.8) is 0 Å². The van der Waals surface area contributed by atoms with Crippen LogP contribution in [0.4, 0.5) is 0 Å². The first kappa shape index (κ1) is 10.3. The highest BCUT2D eigenvalue weighted by Crippen LogP contribution is 2.07. The summed E-state index contributed by atoms with van der Waals surface area (Å²) >= 11 is 1.92. The lowest BCUT2D eigenvalue weighted by Crippen LogP contribution is -2.41. The van der Waals surface area contributed by atoms with Crippen LogP contribution in [0.15, 0.2) is 0 Å². The quantitative estimate of drug-likeness (QED) is 0.385. The van der Waals surface area contributed by atoms with Gasteiger partial charge in [-0.25, -0.2) is 0 Å². The van der Waals surface area contributed by atoms with Crippen molar-refractivity contribution in [3.05, 3.63) is 0 Å². The van der Waals surface area contributed by atoms with E-state index in [1.54, 1.807) is 0 Å². The molecule has 0 aromatic heterocycles. The van der Waals surface area contributed by atoms with Gasteiger partial charge in [-0.15, -0.1) is 24.0 Å². The van der Waals surface area contributed by atoms with Crippen LogP contribution < -0.4 is 5.73 Å². The minimum atomic E-state index is 0. The number of rotatable bonds is 0. The zero-order valence-corrected chi connectivity index (χ0v) is 8.82. The summed E-state index contributed by atoms with van der Waals surface area (Å²) in [7, 11) is 0. The van der Waals surface area contributed by atoms with Crippen molar-refractivity contribution < 1.29 is 0 Å². The number of thioether (sulfide) groups is 1. The van der Waals surface area contributed by atoms with Crippen LogP contribution in [0.25, 0.3) is 0 Å². The highest BCUT2D eigenvalue weighted by atomic mass is 127. The van der Waals surface area contributed by atoms with Crippen molar-refractivity contribution in [3.8, 4) is 0 Å². The predicted octanol–water partition coefficient (Wildman–Crippen LogP) is 0.547. The zero-order valence-electron chi connectivity index (χ0n) is 5.67. The number of nitrogens with two attached hydrogens (primary N) is 1. The minimum Gasteiger partial charge on any atom is -0.370 e. The third-order valence-corrected chi connectivity index (χ3v) is 2.29. The molecule has 1 aliphatic rings. The van der Waals surface area contributed by atoms with Gasteiger partial charge in [0.1, 0.15) is 0 Å². The molecule has 0 atom stereocenters. The molecule has 0 aliphatic carbocycles. The van der Waals surface area contributed by atoms with Gasteiger partial charge in [-0.3, -0.25) is 5.41 Å². The van der Waals surface area contributed by atoms with Gasteiger partial charge in [0.15, 0.2) is 5.96 Å². The molecule has 0 unspecified atom stereocenters. The van der Waals surface area contributed by atoms with Crippen LogP contribution in [-0.2, 0) is 0 Å². The van der Waals surface area contributed by atoms with Crippen molar-refractivity contribution in [2.75, 3.05) is 24.6 Å². The lowest BCUT2D eigenvalue weighted by Gasteiger charge is -2.25. The van der Waals surface area contributed by atoms with E-state index in [4.69, 9.17) is 11.1 Å². The standard InChI is InChI=1S/C5H11N3S.HI/c6-5(7)8-1-3-9-4-2-8;/h1-4H2,(H3,6,7);1H. The maximum atomic E-state index is 7.08. The van der Waals surface area contributed by atoms with Crippen LogP contribution in [0, 0.1) is 5.41 Å². The second-order valence-electron chi connectivity index (χ2n) is 1.98. The normalized spacial score (nSPS) is 17.8. The molecule has 10 heavy (non-hydrogen) atoms. The van der Waals surface area contributed by atoms with E-state index in [2.05, 4.69) is 0 Å². The fourth-order valence-corrected chi connectivity index (χ4v) is 1.71. The van der Waals surface area contributed by atoms with Crippen LogP contribution in [0.5, 0.6) is 0 Å². The molecule has 0 spiro atoms. The van der Waals surface area contributed by atoms with Crippen molar-refractivity contribution in [1.29, 1.82) is 5.41 Å². The highest BCUT2D eigenvalue weighted by molar-refractivity contribution is 14.0. The lowest BCUT2D eigenvalue weighted by molar-refractivity contribution is 0.455. The minimum absolute atomic E-state index is 0. The van der Waals surface area contributed by atoms with Crippen molar-refractivity contribution in [2.45, 2.75) is 0 Å². The molecular weight excluding hydrogens is 261 g/mol. The summed E-state index contributed by atoms with van der Waals surface area (Å²) in [5.74, 6) is 2.44. The molecule has 0 aromatic rings. The smallest absolute Gasteiger partial charge is 0.188 e. The van der Waals surface area contributed by atoms with E-state index >= 15 is 0 Å². The number of halogens is 1. The summed E-state index contributed by atoms with van der Waals surface area (Å²) in [4.78, 5) is 1.90. The molecule has 1 rings (SSSR count). The molecule has 0 bridgehead atoms. The van der Waals surface area contributed by atoms with Gasteiger partial charge in [-0.2, -0.15) is 11.8 Å². The van der Waals surface area contributed by atoms with Crippen LogP contribution in [0.1, 0.15) is 0 Å². The van der Waals surface area contributed by atoms with E-state index in [-0.39, 0.29) is 29.9 Å². The zero-order chi connectivity index (χ0) is 6.69. The van der Waals surface area contributed by atoms with Crippen molar-refractivity contribution in [1.82, 2.24) is 4.90 Å². The van der Waals surface area contributed by atoms with Gasteiger partial charge in [0.05, 0.1) is 0 Å². The molecule has 5 heteroatoms. The lowest BCUT2D eigenvalue weighted by atomic mass is 10.5. The fraction of sp³-hybridized carbons (Fsp3) is 0.800.